The highest BCUT2D eigenvalue weighted by Crippen LogP contribution is 2.42. The zero-order chi connectivity index (χ0) is 22.9. The summed E-state index contributed by atoms with van der Waals surface area (Å²) in [6, 6.07) is 9.98. The van der Waals surface area contributed by atoms with Crippen LogP contribution in [0.2, 0.25) is 0 Å². The summed E-state index contributed by atoms with van der Waals surface area (Å²) in [6.07, 6.45) is 1.32. The molecule has 32 heavy (non-hydrogen) atoms. The Bertz CT molecular complexity index is 1170. The van der Waals surface area contributed by atoms with Gasteiger partial charge >= 0.3 is 5.92 Å². The van der Waals surface area contributed by atoms with E-state index in [1.807, 2.05) is 0 Å². The van der Waals surface area contributed by atoms with Crippen LogP contribution < -0.4 is 25.4 Å². The highest BCUT2D eigenvalue weighted by Gasteiger charge is 2.49. The Labute approximate surface area is 182 Å². The summed E-state index contributed by atoms with van der Waals surface area (Å²) in [4.78, 5) is 24.2. The topological polar surface area (TPSA) is 110 Å². The lowest BCUT2D eigenvalue weighted by Crippen LogP contribution is -2.43. The van der Waals surface area contributed by atoms with Crippen molar-refractivity contribution < 1.29 is 23.0 Å². The first-order valence-corrected chi connectivity index (χ1v) is 9.60. The molecule has 0 aliphatic carbocycles. The van der Waals surface area contributed by atoms with Crippen molar-refractivity contribution in [3.05, 3.63) is 48.3 Å². The number of amides is 1. The molecule has 1 amide bonds. The number of ether oxygens (including phenoxy) is 2. The van der Waals surface area contributed by atoms with Gasteiger partial charge in [0.25, 0.3) is 5.91 Å². The fourth-order valence-electron chi connectivity index (χ4n) is 3.31. The van der Waals surface area contributed by atoms with Gasteiger partial charge < -0.3 is 25.4 Å². The standard InChI is InChI=1S/C21H20F2N6O3/c1-11-14-6-4-12(8-15(14)28-18(30)21(11,22)23)26-19-24-10-25-20(29-19)27-13-5-7-16(31-2)17(9-13)32-3/h4-11H,1-3H3,(H,28,30)(H2,24,25,26,27,29). The van der Waals surface area contributed by atoms with Gasteiger partial charge in [-0.05, 0) is 29.8 Å². The fourth-order valence-corrected chi connectivity index (χ4v) is 3.31. The van der Waals surface area contributed by atoms with E-state index in [9.17, 15) is 13.6 Å². The zero-order valence-electron chi connectivity index (χ0n) is 17.4. The van der Waals surface area contributed by atoms with Crippen molar-refractivity contribution in [2.75, 3.05) is 30.2 Å². The summed E-state index contributed by atoms with van der Waals surface area (Å²) in [7, 11) is 3.09. The van der Waals surface area contributed by atoms with Gasteiger partial charge in [-0.15, -0.1) is 0 Å². The number of benzene rings is 2. The molecule has 0 fully saturated rings. The number of anilines is 5. The Balaban J connectivity index is 1.53. The molecular weight excluding hydrogens is 422 g/mol. The average Bonchev–Trinajstić information content (AvgIpc) is 2.78. The SMILES string of the molecule is COc1ccc(Nc2ncnc(Nc3ccc4c(c3)NC(=O)C(F)(F)C4C)n2)cc1OC. The first kappa shape index (κ1) is 21.2. The van der Waals surface area contributed by atoms with Crippen molar-refractivity contribution in [3.63, 3.8) is 0 Å². The molecule has 1 atom stereocenters. The lowest BCUT2D eigenvalue weighted by molar-refractivity contribution is -0.143. The molecule has 3 N–H and O–H groups in total. The van der Waals surface area contributed by atoms with Crippen molar-refractivity contribution in [2.45, 2.75) is 18.8 Å². The van der Waals surface area contributed by atoms with Gasteiger partial charge in [-0.25, -0.2) is 9.97 Å². The molecule has 1 aliphatic rings. The van der Waals surface area contributed by atoms with E-state index in [0.717, 1.165) is 0 Å². The Morgan fingerprint density at radius 2 is 1.59 bits per heavy atom. The second-order valence-electron chi connectivity index (χ2n) is 7.05. The number of nitrogens with zero attached hydrogens (tertiary/aromatic N) is 3. The third-order valence-corrected chi connectivity index (χ3v) is 5.08. The van der Waals surface area contributed by atoms with Crippen LogP contribution in [0.15, 0.2) is 42.7 Å². The summed E-state index contributed by atoms with van der Waals surface area (Å²) in [5.74, 6) is -4.38. The van der Waals surface area contributed by atoms with Gasteiger partial charge in [-0.2, -0.15) is 13.8 Å². The van der Waals surface area contributed by atoms with Crippen molar-refractivity contribution in [2.24, 2.45) is 0 Å². The summed E-state index contributed by atoms with van der Waals surface area (Å²) >= 11 is 0. The van der Waals surface area contributed by atoms with Crippen molar-refractivity contribution in [1.29, 1.82) is 0 Å². The van der Waals surface area contributed by atoms with E-state index in [1.54, 1.807) is 43.5 Å². The lowest BCUT2D eigenvalue weighted by Gasteiger charge is -2.30. The van der Waals surface area contributed by atoms with Gasteiger partial charge in [-0.1, -0.05) is 13.0 Å². The molecule has 1 unspecified atom stereocenters. The zero-order valence-corrected chi connectivity index (χ0v) is 17.4. The van der Waals surface area contributed by atoms with Crippen LogP contribution in [0, 0.1) is 0 Å². The monoisotopic (exact) mass is 442 g/mol. The van der Waals surface area contributed by atoms with Crippen LogP contribution in [0.1, 0.15) is 18.4 Å². The number of nitrogens with one attached hydrogen (secondary N) is 3. The third kappa shape index (κ3) is 3.96. The summed E-state index contributed by atoms with van der Waals surface area (Å²) in [5.41, 5.74) is 1.86. The smallest absolute Gasteiger partial charge is 0.331 e. The van der Waals surface area contributed by atoms with Gasteiger partial charge in [0.2, 0.25) is 11.9 Å². The highest BCUT2D eigenvalue weighted by molar-refractivity contribution is 6.00. The number of hydrogen-bond donors (Lipinski definition) is 3. The molecule has 1 aromatic heterocycles. The van der Waals surface area contributed by atoms with Crippen LogP contribution >= 0.6 is 0 Å². The van der Waals surface area contributed by atoms with E-state index in [4.69, 9.17) is 9.47 Å². The number of carbonyl (C=O) groups excluding carboxylic acids is 1. The van der Waals surface area contributed by atoms with Crippen molar-refractivity contribution in [1.82, 2.24) is 15.0 Å². The molecule has 0 radical (unpaired) electrons. The number of alkyl halides is 2. The molecule has 2 heterocycles. The molecule has 0 bridgehead atoms. The number of methoxy groups -OCH3 is 2. The predicted octanol–water partition coefficient (Wildman–Crippen LogP) is 4.07. The molecule has 166 valence electrons. The second-order valence-corrected chi connectivity index (χ2v) is 7.05. The van der Waals surface area contributed by atoms with Crippen LogP contribution in [0.25, 0.3) is 0 Å². The molecule has 1 aliphatic heterocycles. The minimum Gasteiger partial charge on any atom is -0.493 e. The maximum atomic E-state index is 14.0. The minimum atomic E-state index is -3.46. The van der Waals surface area contributed by atoms with Crippen molar-refractivity contribution >= 4 is 34.9 Å². The predicted molar refractivity (Wildman–Crippen MR) is 114 cm³/mol. The van der Waals surface area contributed by atoms with Crippen LogP contribution in [-0.4, -0.2) is 41.0 Å². The van der Waals surface area contributed by atoms with Crippen LogP contribution in [0.5, 0.6) is 11.5 Å². The molecule has 0 saturated heterocycles. The highest BCUT2D eigenvalue weighted by atomic mass is 19.3. The maximum Gasteiger partial charge on any atom is 0.331 e. The van der Waals surface area contributed by atoms with Gasteiger partial charge in [-0.3, -0.25) is 4.79 Å². The van der Waals surface area contributed by atoms with Crippen LogP contribution in [0.3, 0.4) is 0 Å². The summed E-state index contributed by atoms with van der Waals surface area (Å²) in [5, 5.41) is 8.29. The normalized spacial score (nSPS) is 16.5. The molecule has 9 nitrogen and oxygen atoms in total. The first-order chi connectivity index (χ1) is 15.3. The minimum absolute atomic E-state index is 0.225. The third-order valence-electron chi connectivity index (χ3n) is 5.08. The van der Waals surface area contributed by atoms with E-state index in [1.165, 1.54) is 20.4 Å². The molecule has 2 aromatic carbocycles. The second kappa shape index (κ2) is 8.25. The number of aromatic nitrogens is 3. The molecular formula is C21H20F2N6O3. The average molecular weight is 442 g/mol. The van der Waals surface area contributed by atoms with E-state index < -0.39 is 17.7 Å². The lowest BCUT2D eigenvalue weighted by atomic mass is 9.89. The Hall–Kier alpha value is -4.02. The molecule has 11 heteroatoms. The Morgan fingerprint density at radius 3 is 2.25 bits per heavy atom. The quantitative estimate of drug-likeness (QED) is 0.524. The van der Waals surface area contributed by atoms with E-state index in [-0.39, 0.29) is 11.9 Å². The van der Waals surface area contributed by atoms with Gasteiger partial charge in [0.15, 0.2) is 11.5 Å². The Kier molecular flexibility index (Phi) is 5.47. The molecule has 4 rings (SSSR count). The van der Waals surface area contributed by atoms with Crippen LogP contribution in [-0.2, 0) is 4.79 Å². The van der Waals surface area contributed by atoms with Gasteiger partial charge in [0.1, 0.15) is 6.33 Å². The molecule has 0 saturated carbocycles. The van der Waals surface area contributed by atoms with Crippen molar-refractivity contribution in [3.8, 4) is 11.5 Å². The summed E-state index contributed by atoms with van der Waals surface area (Å²) in [6.45, 7) is 1.32. The Morgan fingerprint density at radius 1 is 0.969 bits per heavy atom. The first-order valence-electron chi connectivity index (χ1n) is 9.60. The van der Waals surface area contributed by atoms with E-state index >= 15 is 0 Å². The van der Waals surface area contributed by atoms with Crippen LogP contribution in [0.4, 0.5) is 37.7 Å². The van der Waals surface area contributed by atoms with E-state index in [2.05, 4.69) is 30.9 Å². The number of carbonyl (C=O) groups is 1. The number of hydrogen-bond acceptors (Lipinski definition) is 8. The number of rotatable bonds is 6. The fraction of sp³-hybridized carbons (Fsp3) is 0.238. The molecule has 3 aromatic rings. The number of halogens is 2. The van der Waals surface area contributed by atoms with E-state index in [0.29, 0.717) is 34.1 Å². The largest absolute Gasteiger partial charge is 0.493 e. The van der Waals surface area contributed by atoms with Gasteiger partial charge in [0.05, 0.1) is 20.1 Å². The maximum absolute atomic E-state index is 14.0. The summed E-state index contributed by atoms with van der Waals surface area (Å²) < 4.78 is 38.4. The van der Waals surface area contributed by atoms with Gasteiger partial charge in [0, 0.05) is 23.1 Å². The number of fused-ring (bicyclic) bond motifs is 1. The molecule has 0 spiro atoms.